The van der Waals surface area contributed by atoms with E-state index < -0.39 is 0 Å². The van der Waals surface area contributed by atoms with Crippen LogP contribution in [0.4, 0.5) is 0 Å². The summed E-state index contributed by atoms with van der Waals surface area (Å²) in [5, 5.41) is 3.63. The summed E-state index contributed by atoms with van der Waals surface area (Å²) in [6.45, 7) is 9.33. The van der Waals surface area contributed by atoms with Gasteiger partial charge >= 0.3 is 0 Å². The third kappa shape index (κ3) is 2.52. The molecule has 2 aliphatic carbocycles. The Morgan fingerprint density at radius 3 is 2.33 bits per heavy atom. The Hall–Kier alpha value is -0.300. The monoisotopic (exact) mass is 249 g/mol. The van der Waals surface area contributed by atoms with E-state index in [1.807, 2.05) is 0 Å². The topological polar surface area (TPSA) is 12.0 Å². The molecular formula is C17H31N. The van der Waals surface area contributed by atoms with E-state index in [0.717, 1.165) is 6.54 Å². The van der Waals surface area contributed by atoms with E-state index in [9.17, 15) is 0 Å². The Bertz CT molecular complexity index is 291. The first-order chi connectivity index (χ1) is 8.70. The summed E-state index contributed by atoms with van der Waals surface area (Å²) in [5.74, 6) is 0. The summed E-state index contributed by atoms with van der Waals surface area (Å²) in [4.78, 5) is 0. The van der Waals surface area contributed by atoms with Crippen LogP contribution in [0.1, 0.15) is 72.1 Å². The maximum Gasteiger partial charge on any atom is 0.00472 e. The van der Waals surface area contributed by atoms with Crippen molar-refractivity contribution in [2.24, 2.45) is 10.8 Å². The molecule has 0 aromatic rings. The molecule has 104 valence electrons. The first kappa shape index (κ1) is 14.1. The van der Waals surface area contributed by atoms with Crippen molar-refractivity contribution in [1.82, 2.24) is 5.32 Å². The van der Waals surface area contributed by atoms with Crippen LogP contribution in [0.25, 0.3) is 0 Å². The predicted octanol–water partition coefficient (Wildman–Crippen LogP) is 4.68. The number of hydrogen-bond acceptors (Lipinski definition) is 1. The van der Waals surface area contributed by atoms with Crippen LogP contribution in [0.5, 0.6) is 0 Å². The average Bonchev–Trinajstić information content (AvgIpc) is 2.40. The Kier molecular flexibility index (Phi) is 4.53. The van der Waals surface area contributed by atoms with E-state index in [0.29, 0.717) is 10.8 Å². The minimum Gasteiger partial charge on any atom is -0.316 e. The second-order valence-corrected chi connectivity index (χ2v) is 6.60. The smallest absolute Gasteiger partial charge is 0.00472 e. The fourth-order valence-electron chi connectivity index (χ4n) is 4.28. The molecule has 1 heteroatoms. The molecule has 0 saturated heterocycles. The maximum absolute atomic E-state index is 3.63. The highest BCUT2D eigenvalue weighted by Gasteiger charge is 2.53. The van der Waals surface area contributed by atoms with Crippen molar-refractivity contribution in [2.75, 3.05) is 13.1 Å². The van der Waals surface area contributed by atoms with E-state index in [1.165, 1.54) is 57.9 Å². The zero-order valence-electron chi connectivity index (χ0n) is 12.6. The van der Waals surface area contributed by atoms with E-state index in [-0.39, 0.29) is 0 Å². The Labute approximate surface area is 113 Å². The highest BCUT2D eigenvalue weighted by Crippen LogP contribution is 2.62. The van der Waals surface area contributed by atoms with Crippen LogP contribution in [0.3, 0.4) is 0 Å². The lowest BCUT2D eigenvalue weighted by Crippen LogP contribution is -2.52. The molecule has 1 nitrogen and oxygen atoms in total. The second kappa shape index (κ2) is 5.77. The molecule has 0 aliphatic heterocycles. The molecule has 1 saturated carbocycles. The molecule has 0 amide bonds. The molecular weight excluding hydrogens is 218 g/mol. The van der Waals surface area contributed by atoms with Crippen molar-refractivity contribution in [3.63, 3.8) is 0 Å². The largest absolute Gasteiger partial charge is 0.316 e. The van der Waals surface area contributed by atoms with Crippen LogP contribution in [0, 0.1) is 10.8 Å². The number of nitrogens with one attached hydrogen (secondary N) is 1. The van der Waals surface area contributed by atoms with Gasteiger partial charge in [-0.25, -0.2) is 0 Å². The van der Waals surface area contributed by atoms with Gasteiger partial charge in [0.05, 0.1) is 0 Å². The molecule has 0 atom stereocenters. The van der Waals surface area contributed by atoms with Gasteiger partial charge in [-0.15, -0.1) is 0 Å². The molecule has 1 N–H and O–H groups in total. The molecule has 0 bridgehead atoms. The van der Waals surface area contributed by atoms with E-state index >= 15 is 0 Å². The summed E-state index contributed by atoms with van der Waals surface area (Å²) >= 11 is 0. The van der Waals surface area contributed by atoms with Crippen LogP contribution in [0.2, 0.25) is 0 Å². The van der Waals surface area contributed by atoms with E-state index in [2.05, 4.69) is 32.2 Å². The highest BCUT2D eigenvalue weighted by molar-refractivity contribution is 5.24. The number of allylic oxidation sites excluding steroid dienone is 1. The lowest BCUT2D eigenvalue weighted by molar-refractivity contribution is -0.0217. The zero-order chi connectivity index (χ0) is 13.1. The highest BCUT2D eigenvalue weighted by atomic mass is 14.9. The Morgan fingerprint density at radius 1 is 1.11 bits per heavy atom. The van der Waals surface area contributed by atoms with Crippen LogP contribution >= 0.6 is 0 Å². The van der Waals surface area contributed by atoms with Crippen molar-refractivity contribution in [2.45, 2.75) is 72.1 Å². The summed E-state index contributed by atoms with van der Waals surface area (Å²) in [5.41, 5.74) is 2.99. The summed E-state index contributed by atoms with van der Waals surface area (Å²) < 4.78 is 0. The van der Waals surface area contributed by atoms with Gasteiger partial charge in [0.25, 0.3) is 0 Å². The van der Waals surface area contributed by atoms with Crippen LogP contribution < -0.4 is 5.32 Å². The van der Waals surface area contributed by atoms with Gasteiger partial charge in [-0.3, -0.25) is 0 Å². The average molecular weight is 249 g/mol. The molecule has 2 rings (SSSR count). The number of rotatable bonds is 6. The lowest BCUT2D eigenvalue weighted by Gasteiger charge is -2.58. The van der Waals surface area contributed by atoms with Crippen molar-refractivity contribution in [1.29, 1.82) is 0 Å². The molecule has 2 aliphatic rings. The second-order valence-electron chi connectivity index (χ2n) is 6.60. The van der Waals surface area contributed by atoms with Crippen molar-refractivity contribution in [3.05, 3.63) is 11.6 Å². The number of hydrogen-bond donors (Lipinski definition) is 1. The zero-order valence-corrected chi connectivity index (χ0v) is 12.6. The molecule has 0 aromatic carbocycles. The van der Waals surface area contributed by atoms with Crippen molar-refractivity contribution in [3.8, 4) is 0 Å². The van der Waals surface area contributed by atoms with Gasteiger partial charge in [-0.05, 0) is 50.5 Å². The fraction of sp³-hybridized carbons (Fsp3) is 0.882. The molecule has 0 radical (unpaired) electrons. The first-order valence-electron chi connectivity index (χ1n) is 8.10. The quantitative estimate of drug-likeness (QED) is 0.674. The summed E-state index contributed by atoms with van der Waals surface area (Å²) in [6, 6.07) is 0. The van der Waals surface area contributed by atoms with Gasteiger partial charge in [0, 0.05) is 12.0 Å². The lowest BCUT2D eigenvalue weighted by atomic mass is 9.47. The van der Waals surface area contributed by atoms with Crippen LogP contribution in [0.15, 0.2) is 11.6 Å². The third-order valence-electron chi connectivity index (χ3n) is 5.61. The summed E-state index contributed by atoms with van der Waals surface area (Å²) in [6.07, 6.45) is 13.7. The Morgan fingerprint density at radius 2 is 1.83 bits per heavy atom. The Balaban J connectivity index is 2.09. The third-order valence-corrected chi connectivity index (χ3v) is 5.61. The van der Waals surface area contributed by atoms with Gasteiger partial charge < -0.3 is 5.32 Å². The standard InChI is InChI=1S/C17H31N/c1-4-16(5-2)12-17(13-16,14-18-6-3)15-10-8-7-9-11-15/h10,18H,4-9,11-14H2,1-3H3. The van der Waals surface area contributed by atoms with Crippen LogP contribution in [-0.4, -0.2) is 13.1 Å². The molecule has 0 spiro atoms. The fourth-order valence-corrected chi connectivity index (χ4v) is 4.28. The minimum absolute atomic E-state index is 0.530. The van der Waals surface area contributed by atoms with E-state index in [4.69, 9.17) is 0 Å². The van der Waals surface area contributed by atoms with Gasteiger partial charge in [-0.2, -0.15) is 0 Å². The molecule has 1 fully saturated rings. The SMILES string of the molecule is CCNCC1(C2=CCCCC2)CC(CC)(CC)C1. The maximum atomic E-state index is 3.63. The van der Waals surface area contributed by atoms with Crippen LogP contribution in [-0.2, 0) is 0 Å². The van der Waals surface area contributed by atoms with Crippen molar-refractivity contribution >= 4 is 0 Å². The summed E-state index contributed by atoms with van der Waals surface area (Å²) in [7, 11) is 0. The predicted molar refractivity (Wildman–Crippen MR) is 79.8 cm³/mol. The van der Waals surface area contributed by atoms with E-state index in [1.54, 1.807) is 5.57 Å². The first-order valence-corrected chi connectivity index (χ1v) is 8.10. The van der Waals surface area contributed by atoms with Gasteiger partial charge in [-0.1, -0.05) is 45.3 Å². The normalized spacial score (nSPS) is 25.4. The van der Waals surface area contributed by atoms with Gasteiger partial charge in [0.2, 0.25) is 0 Å². The molecule has 0 unspecified atom stereocenters. The molecule has 18 heavy (non-hydrogen) atoms. The molecule has 0 heterocycles. The minimum atomic E-state index is 0.530. The molecule has 0 aromatic heterocycles. The van der Waals surface area contributed by atoms with Crippen molar-refractivity contribution < 1.29 is 0 Å². The van der Waals surface area contributed by atoms with Gasteiger partial charge in [0.1, 0.15) is 0 Å². The van der Waals surface area contributed by atoms with Gasteiger partial charge in [0.15, 0.2) is 0 Å².